The quantitative estimate of drug-likeness (QED) is 0.250. The molecule has 0 atom stereocenters. The molecule has 0 bridgehead atoms. The molecule has 1 heterocycles. The Labute approximate surface area is 144 Å². The number of hydrogen-bond donors (Lipinski definition) is 2. The number of amides is 2. The topological polar surface area (TPSA) is 120 Å². The van der Waals surface area contributed by atoms with Crippen LogP contribution in [0.1, 0.15) is 5.56 Å². The minimum Gasteiger partial charge on any atom is -0.307 e. The van der Waals surface area contributed by atoms with Gasteiger partial charge in [-0.1, -0.05) is 18.2 Å². The van der Waals surface area contributed by atoms with Crippen molar-refractivity contribution in [1.82, 2.24) is 5.09 Å². The van der Waals surface area contributed by atoms with Gasteiger partial charge in [0.2, 0.25) is 0 Å². The smallest absolute Gasteiger partial charge is 0.307 e. The van der Waals surface area contributed by atoms with Gasteiger partial charge < -0.3 is 5.32 Å². The van der Waals surface area contributed by atoms with E-state index in [4.69, 9.17) is 20.6 Å². The van der Waals surface area contributed by atoms with Crippen molar-refractivity contribution >= 4 is 47.0 Å². The van der Waals surface area contributed by atoms with Crippen molar-refractivity contribution in [3.63, 3.8) is 0 Å². The number of nitrogens with zero attached hydrogens (tertiary/aromatic N) is 1. The summed E-state index contributed by atoms with van der Waals surface area (Å²) in [5.41, 5.74) is 1.10. The summed E-state index contributed by atoms with van der Waals surface area (Å²) in [6.45, 7) is -1.04. The Balaban J connectivity index is 1.98. The maximum atomic E-state index is 12.2. The van der Waals surface area contributed by atoms with Gasteiger partial charge >= 0.3 is 18.2 Å². The van der Waals surface area contributed by atoms with Crippen LogP contribution in [0.15, 0.2) is 24.3 Å². The van der Waals surface area contributed by atoms with E-state index in [1.165, 1.54) is 0 Å². The Kier molecular flexibility index (Phi) is 5.64. The number of rotatable bonds is 4. The molecule has 1 aliphatic rings. The third-order valence-electron chi connectivity index (χ3n) is 2.89. The van der Waals surface area contributed by atoms with Crippen LogP contribution < -0.4 is 10.4 Å². The molecule has 2 rings (SSSR count). The van der Waals surface area contributed by atoms with Crippen LogP contribution in [0.25, 0.3) is 0 Å². The Morgan fingerprint density at radius 1 is 1.43 bits per heavy atom. The van der Waals surface area contributed by atoms with E-state index in [0.29, 0.717) is 11.3 Å². The van der Waals surface area contributed by atoms with Crippen LogP contribution >= 0.6 is 35.3 Å². The second-order valence-corrected chi connectivity index (χ2v) is 8.05. The number of urea groups is 1. The van der Waals surface area contributed by atoms with Crippen LogP contribution in [0.2, 0.25) is 0 Å². The lowest BCUT2D eigenvalue weighted by Gasteiger charge is -2.29. The van der Waals surface area contributed by atoms with Crippen molar-refractivity contribution < 1.29 is 23.3 Å². The molecule has 9 nitrogen and oxygen atoms in total. The molecule has 0 radical (unpaired) electrons. The van der Waals surface area contributed by atoms with E-state index in [1.807, 2.05) is 5.09 Å². The van der Waals surface area contributed by atoms with Gasteiger partial charge in [-0.05, 0) is 11.6 Å². The summed E-state index contributed by atoms with van der Waals surface area (Å²) in [6, 6.07) is 5.94. The zero-order valence-corrected chi connectivity index (χ0v) is 14.8. The normalized spacial score (nSPS) is 27.2. The summed E-state index contributed by atoms with van der Waals surface area (Å²) in [4.78, 5) is 22.1. The highest BCUT2D eigenvalue weighted by molar-refractivity contribution is 9.10. The van der Waals surface area contributed by atoms with Crippen molar-refractivity contribution in [2.45, 2.75) is 10.3 Å². The van der Waals surface area contributed by atoms with E-state index in [-0.39, 0.29) is 5.88 Å². The first-order chi connectivity index (χ1) is 10.8. The maximum absolute atomic E-state index is 12.2. The van der Waals surface area contributed by atoms with Crippen molar-refractivity contribution in [1.29, 1.82) is 0 Å². The highest BCUT2D eigenvalue weighted by Crippen LogP contribution is 2.50. The molecule has 12 heteroatoms. The van der Waals surface area contributed by atoms with Crippen LogP contribution in [0.5, 0.6) is 0 Å². The van der Waals surface area contributed by atoms with Crippen LogP contribution in [-0.2, 0) is 19.5 Å². The molecule has 0 saturated carbocycles. The Morgan fingerprint density at radius 3 is 2.61 bits per heavy atom. The monoisotopic (exact) mass is 427 g/mol. The third-order valence-corrected chi connectivity index (χ3v) is 5.34. The maximum Gasteiger partial charge on any atom is 0.436 e. The number of carbonyl (C=O) groups is 1. The first kappa shape index (κ1) is 18.2. The SMILES string of the molecule is O=C(Nc1ccccc1CCl)NP1(=O)OCC(Br)([N+](=O)[O-])CO1. The molecule has 0 spiro atoms. The molecule has 0 aliphatic carbocycles. The molecular weight excluding hydrogens is 416 g/mol. The van der Waals surface area contributed by atoms with Gasteiger partial charge in [0.05, 0.1) is 0 Å². The zero-order chi connectivity index (χ0) is 17.1. The first-order valence-electron chi connectivity index (χ1n) is 6.24. The third kappa shape index (κ3) is 4.42. The minimum absolute atomic E-state index is 0.177. The standard InChI is InChI=1S/C11H12BrClN3O6P/c12-11(16(18)19)6-21-23(20,22-7-11)15-10(17)14-9-4-2-1-3-8(9)5-13/h1-4H,5-7H2,(H2,14,15,17,20). The van der Waals surface area contributed by atoms with Crippen molar-refractivity contribution in [3.8, 4) is 0 Å². The lowest BCUT2D eigenvalue weighted by Crippen LogP contribution is -2.45. The molecule has 2 N–H and O–H groups in total. The number of nitrogens with one attached hydrogen (secondary N) is 2. The summed E-state index contributed by atoms with van der Waals surface area (Å²) in [5, 5.41) is 15.3. The number of halogens is 2. The highest BCUT2D eigenvalue weighted by atomic mass is 79.9. The number of carbonyl (C=O) groups excluding carboxylic acids is 1. The number of alkyl halides is 2. The predicted octanol–water partition coefficient (Wildman–Crippen LogP) is 3.07. The van der Waals surface area contributed by atoms with Crippen molar-refractivity contribution in [3.05, 3.63) is 39.9 Å². The summed E-state index contributed by atoms with van der Waals surface area (Å²) in [7, 11) is -3.98. The van der Waals surface area contributed by atoms with E-state index in [1.54, 1.807) is 24.3 Å². The first-order valence-corrected chi connectivity index (χ1v) is 9.11. The van der Waals surface area contributed by atoms with Gasteiger partial charge in [-0.3, -0.25) is 19.2 Å². The van der Waals surface area contributed by atoms with Crippen LogP contribution in [0.4, 0.5) is 10.5 Å². The number of anilines is 1. The molecule has 1 aliphatic heterocycles. The molecule has 1 saturated heterocycles. The van der Waals surface area contributed by atoms with Crippen molar-refractivity contribution in [2.75, 3.05) is 18.5 Å². The van der Waals surface area contributed by atoms with E-state index in [2.05, 4.69) is 21.2 Å². The molecular formula is C11H12BrClN3O6P. The second kappa shape index (κ2) is 7.14. The second-order valence-electron chi connectivity index (χ2n) is 4.58. The van der Waals surface area contributed by atoms with E-state index in [9.17, 15) is 19.5 Å². The van der Waals surface area contributed by atoms with Crippen LogP contribution in [0.3, 0.4) is 0 Å². The lowest BCUT2D eigenvalue weighted by molar-refractivity contribution is -0.542. The summed E-state index contributed by atoms with van der Waals surface area (Å²) >= 11 is 8.59. The van der Waals surface area contributed by atoms with E-state index < -0.39 is 36.4 Å². The van der Waals surface area contributed by atoms with Crippen molar-refractivity contribution in [2.24, 2.45) is 0 Å². The fourth-order valence-electron chi connectivity index (χ4n) is 1.65. The fraction of sp³-hybridized carbons (Fsp3) is 0.364. The Morgan fingerprint density at radius 2 is 2.04 bits per heavy atom. The molecule has 1 aromatic rings. The van der Waals surface area contributed by atoms with Gasteiger partial charge in [0.25, 0.3) is 0 Å². The molecule has 2 amide bonds. The van der Waals surface area contributed by atoms with Gasteiger partial charge in [-0.25, -0.2) is 14.4 Å². The summed E-state index contributed by atoms with van der Waals surface area (Å²) in [6.07, 6.45) is 0. The molecule has 126 valence electrons. The van der Waals surface area contributed by atoms with E-state index >= 15 is 0 Å². The highest BCUT2D eigenvalue weighted by Gasteiger charge is 2.50. The zero-order valence-electron chi connectivity index (χ0n) is 11.5. The predicted molar refractivity (Wildman–Crippen MR) is 86.3 cm³/mol. The number of hydrogen-bond acceptors (Lipinski definition) is 6. The average Bonchev–Trinajstić information content (AvgIpc) is 2.51. The molecule has 0 aromatic heterocycles. The van der Waals surface area contributed by atoms with Gasteiger partial charge in [0.1, 0.15) is 13.2 Å². The van der Waals surface area contributed by atoms with Crippen LogP contribution in [-0.4, -0.2) is 28.6 Å². The average molecular weight is 429 g/mol. The largest absolute Gasteiger partial charge is 0.436 e. The minimum atomic E-state index is -3.98. The molecule has 1 aromatic carbocycles. The Bertz CT molecular complexity index is 663. The van der Waals surface area contributed by atoms with Crippen LogP contribution in [0, 0.1) is 10.1 Å². The Hall–Kier alpha value is -1.19. The van der Waals surface area contributed by atoms with Gasteiger partial charge in [-0.2, -0.15) is 0 Å². The molecule has 1 fully saturated rings. The molecule has 0 unspecified atom stereocenters. The van der Waals surface area contributed by atoms with Gasteiger partial charge in [-0.15, -0.1) is 11.6 Å². The number of benzene rings is 1. The lowest BCUT2D eigenvalue weighted by atomic mass is 10.2. The molecule has 23 heavy (non-hydrogen) atoms. The summed E-state index contributed by atoms with van der Waals surface area (Å²) in [5.74, 6) is 0.177. The van der Waals surface area contributed by atoms with Gasteiger partial charge in [0.15, 0.2) is 0 Å². The van der Waals surface area contributed by atoms with Gasteiger partial charge in [0, 0.05) is 32.4 Å². The number of para-hydroxylation sites is 1. The number of nitro groups is 1. The fourth-order valence-corrected chi connectivity index (χ4v) is 3.74. The summed E-state index contributed by atoms with van der Waals surface area (Å²) < 4.78 is 20.2. The van der Waals surface area contributed by atoms with E-state index in [0.717, 1.165) is 0 Å².